The van der Waals surface area contributed by atoms with Gasteiger partial charge in [0.2, 0.25) is 0 Å². The van der Waals surface area contributed by atoms with Gasteiger partial charge in [0.25, 0.3) is 0 Å². The Labute approximate surface area is 74.0 Å². The average molecular weight is 171 g/mol. The number of carbonyl (C=O) groups is 1. The molecular weight excluding hydrogens is 154 g/mol. The largest absolute Gasteiger partial charge is 0.460 e. The van der Waals surface area contributed by atoms with Crippen LogP contribution in [0, 0.1) is 0 Å². The van der Waals surface area contributed by atoms with Gasteiger partial charge in [-0.25, -0.2) is 4.79 Å². The zero-order valence-corrected chi connectivity index (χ0v) is 8.42. The van der Waals surface area contributed by atoms with Crippen LogP contribution in [0.3, 0.4) is 0 Å². The molecule has 0 heterocycles. The van der Waals surface area contributed by atoms with Crippen LogP contribution in [0.15, 0.2) is 11.8 Å². The summed E-state index contributed by atoms with van der Waals surface area (Å²) in [5.74, 6) is -0.251. The number of nitrogens with zero attached hydrogens (tertiary/aromatic N) is 1. The van der Waals surface area contributed by atoms with Gasteiger partial charge in [0.1, 0.15) is 0 Å². The highest BCUT2D eigenvalue weighted by molar-refractivity contribution is 5.87. The van der Waals surface area contributed by atoms with Crippen molar-refractivity contribution in [1.29, 1.82) is 0 Å². The molecule has 0 bridgehead atoms. The molecule has 0 aliphatic rings. The summed E-state index contributed by atoms with van der Waals surface area (Å²) >= 11 is 0. The van der Waals surface area contributed by atoms with Crippen LogP contribution >= 0.6 is 0 Å². The Kier molecular flexibility index (Phi) is 4.40. The van der Waals surface area contributed by atoms with Crippen molar-refractivity contribution >= 4 is 5.97 Å². The summed E-state index contributed by atoms with van der Waals surface area (Å²) in [6, 6.07) is 0. The third-order valence-electron chi connectivity index (χ3n) is 1.12. The van der Waals surface area contributed by atoms with Crippen molar-refractivity contribution in [2.45, 2.75) is 26.9 Å². The molecule has 0 spiro atoms. The van der Waals surface area contributed by atoms with Crippen molar-refractivity contribution in [3.8, 4) is 0 Å². The molecule has 0 fully saturated rings. The van der Waals surface area contributed by atoms with Gasteiger partial charge >= 0.3 is 5.97 Å². The molecule has 0 aromatic carbocycles. The maximum absolute atomic E-state index is 11.2. The Balaban J connectivity index is 4.10. The zero-order chi connectivity index (χ0) is 9.72. The summed E-state index contributed by atoms with van der Waals surface area (Å²) in [7, 11) is 3.73. The molecule has 70 valence electrons. The normalized spacial score (nSPS) is 11.7. The molecule has 0 N–H and O–H groups in total. The Bertz CT molecular complexity index is 183. The van der Waals surface area contributed by atoms with Crippen molar-refractivity contribution < 1.29 is 9.53 Å². The highest BCUT2D eigenvalue weighted by atomic mass is 16.5. The summed E-state index contributed by atoms with van der Waals surface area (Å²) in [5, 5.41) is 0. The van der Waals surface area contributed by atoms with Crippen molar-refractivity contribution in [3.05, 3.63) is 11.8 Å². The van der Waals surface area contributed by atoms with E-state index in [1.807, 2.05) is 32.8 Å². The van der Waals surface area contributed by atoms with Crippen molar-refractivity contribution in [2.24, 2.45) is 0 Å². The summed E-state index contributed by atoms with van der Waals surface area (Å²) in [4.78, 5) is 13.0. The average Bonchev–Trinajstić information content (AvgIpc) is 1.84. The molecule has 0 saturated carbocycles. The third-order valence-corrected chi connectivity index (χ3v) is 1.12. The molecule has 0 atom stereocenters. The molecule has 3 nitrogen and oxygen atoms in total. The third kappa shape index (κ3) is 4.77. The van der Waals surface area contributed by atoms with E-state index in [-0.39, 0.29) is 12.1 Å². The summed E-state index contributed by atoms with van der Waals surface area (Å²) < 4.78 is 4.98. The highest BCUT2D eigenvalue weighted by Crippen LogP contribution is 2.00. The SMILES string of the molecule is CC(=CN(C)C)C(=O)OC(C)C. The summed E-state index contributed by atoms with van der Waals surface area (Å²) in [5.41, 5.74) is 0.619. The van der Waals surface area contributed by atoms with Gasteiger partial charge in [-0.1, -0.05) is 0 Å². The monoisotopic (exact) mass is 171 g/mol. The van der Waals surface area contributed by atoms with Gasteiger partial charge in [-0.3, -0.25) is 0 Å². The van der Waals surface area contributed by atoms with Gasteiger partial charge in [-0.2, -0.15) is 0 Å². The minimum absolute atomic E-state index is 0.0528. The molecule has 0 unspecified atom stereocenters. The second-order valence-corrected chi connectivity index (χ2v) is 3.23. The van der Waals surface area contributed by atoms with Crippen molar-refractivity contribution in [1.82, 2.24) is 4.90 Å². The Morgan fingerprint density at radius 1 is 1.42 bits per heavy atom. The van der Waals surface area contributed by atoms with Gasteiger partial charge in [0, 0.05) is 25.9 Å². The number of esters is 1. The fraction of sp³-hybridized carbons (Fsp3) is 0.667. The van der Waals surface area contributed by atoms with E-state index in [2.05, 4.69) is 0 Å². The van der Waals surface area contributed by atoms with Crippen LogP contribution in [0.2, 0.25) is 0 Å². The van der Waals surface area contributed by atoms with Crippen LogP contribution < -0.4 is 0 Å². The molecule has 0 aliphatic heterocycles. The quantitative estimate of drug-likeness (QED) is 0.475. The van der Waals surface area contributed by atoms with Crippen LogP contribution in [0.5, 0.6) is 0 Å². The zero-order valence-electron chi connectivity index (χ0n) is 8.42. The van der Waals surface area contributed by atoms with Gasteiger partial charge in [0.05, 0.1) is 6.10 Å². The minimum atomic E-state index is -0.251. The molecule has 0 aromatic heterocycles. The lowest BCUT2D eigenvalue weighted by atomic mass is 10.3. The topological polar surface area (TPSA) is 29.5 Å². The van der Waals surface area contributed by atoms with E-state index in [1.165, 1.54) is 0 Å². The molecule has 0 radical (unpaired) electrons. The van der Waals surface area contributed by atoms with Gasteiger partial charge in [-0.15, -0.1) is 0 Å². The maximum Gasteiger partial charge on any atom is 0.335 e. The van der Waals surface area contributed by atoms with Crippen LogP contribution in [-0.4, -0.2) is 31.1 Å². The van der Waals surface area contributed by atoms with Crippen molar-refractivity contribution in [3.63, 3.8) is 0 Å². The van der Waals surface area contributed by atoms with Crippen LogP contribution in [0.1, 0.15) is 20.8 Å². The maximum atomic E-state index is 11.2. The number of hydrogen-bond donors (Lipinski definition) is 0. The molecule has 0 aliphatic carbocycles. The first-order valence-corrected chi connectivity index (χ1v) is 3.99. The van der Waals surface area contributed by atoms with E-state index >= 15 is 0 Å². The molecular formula is C9H17NO2. The van der Waals surface area contributed by atoms with E-state index in [9.17, 15) is 4.79 Å². The van der Waals surface area contributed by atoms with Gasteiger partial charge in [0.15, 0.2) is 0 Å². The highest BCUT2D eigenvalue weighted by Gasteiger charge is 2.07. The minimum Gasteiger partial charge on any atom is -0.460 e. The van der Waals surface area contributed by atoms with E-state index in [1.54, 1.807) is 13.1 Å². The molecule has 0 aromatic rings. The molecule has 12 heavy (non-hydrogen) atoms. The second-order valence-electron chi connectivity index (χ2n) is 3.23. The first-order valence-electron chi connectivity index (χ1n) is 3.99. The van der Waals surface area contributed by atoms with Crippen LogP contribution in [0.4, 0.5) is 0 Å². The van der Waals surface area contributed by atoms with E-state index in [0.717, 1.165) is 0 Å². The number of carbonyl (C=O) groups excluding carboxylic acids is 1. The summed E-state index contributed by atoms with van der Waals surface area (Å²) in [6.07, 6.45) is 1.69. The number of rotatable bonds is 3. The van der Waals surface area contributed by atoms with E-state index in [4.69, 9.17) is 4.74 Å². The Hall–Kier alpha value is -0.990. The summed E-state index contributed by atoms with van der Waals surface area (Å²) in [6.45, 7) is 5.41. The number of ether oxygens (including phenoxy) is 1. The molecule has 0 amide bonds. The first kappa shape index (κ1) is 11.0. The fourth-order valence-corrected chi connectivity index (χ4v) is 0.747. The molecule has 0 saturated heterocycles. The Morgan fingerprint density at radius 2 is 1.92 bits per heavy atom. The first-order chi connectivity index (χ1) is 5.43. The molecule has 3 heteroatoms. The lowest BCUT2D eigenvalue weighted by Gasteiger charge is -2.10. The smallest absolute Gasteiger partial charge is 0.335 e. The van der Waals surface area contributed by atoms with Crippen LogP contribution in [-0.2, 0) is 9.53 Å². The predicted octanol–water partition coefficient (Wildman–Crippen LogP) is 1.40. The lowest BCUT2D eigenvalue weighted by Crippen LogP contribution is -2.14. The lowest BCUT2D eigenvalue weighted by molar-refractivity contribution is -0.142. The van der Waals surface area contributed by atoms with Crippen molar-refractivity contribution in [2.75, 3.05) is 14.1 Å². The Morgan fingerprint density at radius 3 is 2.25 bits per heavy atom. The second kappa shape index (κ2) is 4.80. The van der Waals surface area contributed by atoms with Gasteiger partial charge in [-0.05, 0) is 20.8 Å². The van der Waals surface area contributed by atoms with E-state index in [0.29, 0.717) is 5.57 Å². The predicted molar refractivity (Wildman–Crippen MR) is 48.7 cm³/mol. The fourth-order valence-electron chi connectivity index (χ4n) is 0.747. The standard InChI is InChI=1S/C9H17NO2/c1-7(2)12-9(11)8(3)6-10(4)5/h6-7H,1-5H3. The number of hydrogen-bond acceptors (Lipinski definition) is 3. The van der Waals surface area contributed by atoms with Gasteiger partial charge < -0.3 is 9.64 Å². The van der Waals surface area contributed by atoms with E-state index < -0.39 is 0 Å². The molecule has 0 rings (SSSR count). The van der Waals surface area contributed by atoms with Crippen LogP contribution in [0.25, 0.3) is 0 Å².